The summed E-state index contributed by atoms with van der Waals surface area (Å²) in [4.78, 5) is 0. The van der Waals surface area contributed by atoms with Gasteiger partial charge in [0, 0.05) is 17.6 Å². The van der Waals surface area contributed by atoms with Crippen molar-refractivity contribution in [2.75, 3.05) is 19.7 Å². The van der Waals surface area contributed by atoms with Gasteiger partial charge in [-0.3, -0.25) is 0 Å². The average Bonchev–Trinajstić information content (AvgIpc) is 2.40. The van der Waals surface area contributed by atoms with E-state index in [1.165, 1.54) is 12.1 Å². The summed E-state index contributed by atoms with van der Waals surface area (Å²) in [6.07, 6.45) is 1.70. The Morgan fingerprint density at radius 3 is 2.56 bits per heavy atom. The zero-order valence-electron chi connectivity index (χ0n) is 9.98. The van der Waals surface area contributed by atoms with Gasteiger partial charge in [-0.2, -0.15) is 0 Å². The Kier molecular flexibility index (Phi) is 4.35. The van der Waals surface area contributed by atoms with E-state index in [2.05, 4.69) is 21.2 Å². The van der Waals surface area contributed by atoms with E-state index in [-0.39, 0.29) is 23.1 Å². The molecular formula is C13H16BrF2NO. The molecule has 1 fully saturated rings. The number of rotatable bonds is 3. The van der Waals surface area contributed by atoms with Crippen molar-refractivity contribution in [3.8, 4) is 0 Å². The van der Waals surface area contributed by atoms with Gasteiger partial charge in [0.05, 0.1) is 4.47 Å². The summed E-state index contributed by atoms with van der Waals surface area (Å²) in [7, 11) is 0. The van der Waals surface area contributed by atoms with Gasteiger partial charge < -0.3 is 10.4 Å². The molecular weight excluding hydrogens is 304 g/mol. The lowest BCUT2D eigenvalue weighted by Gasteiger charge is -2.36. The number of nitrogens with one attached hydrogen (secondary N) is 1. The minimum Gasteiger partial charge on any atom is -0.396 e. The van der Waals surface area contributed by atoms with Crippen LogP contribution in [0, 0.1) is 17.0 Å². The van der Waals surface area contributed by atoms with Crippen molar-refractivity contribution in [3.05, 3.63) is 33.8 Å². The first-order valence-electron chi connectivity index (χ1n) is 6.02. The summed E-state index contributed by atoms with van der Waals surface area (Å²) < 4.78 is 27.9. The van der Waals surface area contributed by atoms with Gasteiger partial charge in [-0.15, -0.1) is 0 Å². The van der Waals surface area contributed by atoms with Crippen molar-refractivity contribution in [2.45, 2.75) is 19.3 Å². The molecule has 0 aromatic heterocycles. The molecule has 0 atom stereocenters. The van der Waals surface area contributed by atoms with Crippen LogP contribution < -0.4 is 5.32 Å². The summed E-state index contributed by atoms with van der Waals surface area (Å²) in [6.45, 7) is 1.51. The highest BCUT2D eigenvalue weighted by Gasteiger charge is 2.33. The van der Waals surface area contributed by atoms with Crippen molar-refractivity contribution in [1.29, 1.82) is 0 Å². The maximum Gasteiger partial charge on any atom is 0.143 e. The first-order chi connectivity index (χ1) is 8.58. The Morgan fingerprint density at radius 2 is 1.94 bits per heavy atom. The van der Waals surface area contributed by atoms with Crippen molar-refractivity contribution in [1.82, 2.24) is 5.32 Å². The fourth-order valence-corrected chi connectivity index (χ4v) is 2.83. The number of aliphatic hydroxyl groups is 1. The predicted octanol–water partition coefficient (Wildman–Crippen LogP) is 2.63. The van der Waals surface area contributed by atoms with Crippen LogP contribution in [-0.4, -0.2) is 24.8 Å². The third-order valence-corrected chi connectivity index (χ3v) is 4.30. The van der Waals surface area contributed by atoms with Crippen LogP contribution >= 0.6 is 15.9 Å². The van der Waals surface area contributed by atoms with Gasteiger partial charge in [-0.1, -0.05) is 0 Å². The summed E-state index contributed by atoms with van der Waals surface area (Å²) in [5, 5.41) is 12.8. The highest BCUT2D eigenvalue weighted by molar-refractivity contribution is 9.10. The zero-order valence-corrected chi connectivity index (χ0v) is 11.6. The Hall–Kier alpha value is -0.520. The molecule has 100 valence electrons. The summed E-state index contributed by atoms with van der Waals surface area (Å²) in [5.74, 6) is -1.09. The number of piperidine rings is 1. The van der Waals surface area contributed by atoms with Gasteiger partial charge in [0.1, 0.15) is 11.6 Å². The average molecular weight is 320 g/mol. The van der Waals surface area contributed by atoms with Gasteiger partial charge in [-0.05, 0) is 60.4 Å². The predicted molar refractivity (Wildman–Crippen MR) is 69.4 cm³/mol. The topological polar surface area (TPSA) is 32.3 Å². The van der Waals surface area contributed by atoms with Gasteiger partial charge in [0.15, 0.2) is 0 Å². The third-order valence-electron chi connectivity index (χ3n) is 3.69. The molecule has 5 heteroatoms. The molecule has 0 bridgehead atoms. The lowest BCUT2D eigenvalue weighted by molar-refractivity contribution is 0.0875. The maximum absolute atomic E-state index is 13.9. The van der Waals surface area contributed by atoms with Crippen molar-refractivity contribution < 1.29 is 13.9 Å². The smallest absolute Gasteiger partial charge is 0.143 e. The van der Waals surface area contributed by atoms with Crippen LogP contribution in [0.15, 0.2) is 16.6 Å². The number of aliphatic hydroxyl groups excluding tert-OH is 1. The highest BCUT2D eigenvalue weighted by atomic mass is 79.9. The number of hydrogen-bond donors (Lipinski definition) is 2. The number of halogens is 3. The van der Waals surface area contributed by atoms with Gasteiger partial charge in [0.2, 0.25) is 0 Å². The van der Waals surface area contributed by atoms with Crippen molar-refractivity contribution >= 4 is 15.9 Å². The van der Waals surface area contributed by atoms with Crippen molar-refractivity contribution in [2.24, 2.45) is 5.41 Å². The molecule has 2 rings (SSSR count). The van der Waals surface area contributed by atoms with Crippen LogP contribution in [0.1, 0.15) is 18.4 Å². The summed E-state index contributed by atoms with van der Waals surface area (Å²) in [5.41, 5.74) is -0.339. The van der Waals surface area contributed by atoms with E-state index in [9.17, 15) is 13.9 Å². The van der Waals surface area contributed by atoms with E-state index in [4.69, 9.17) is 0 Å². The Morgan fingerprint density at radius 1 is 1.28 bits per heavy atom. The van der Waals surface area contributed by atoms with Gasteiger partial charge in [-0.25, -0.2) is 8.78 Å². The molecule has 0 amide bonds. The minimum atomic E-state index is -0.554. The molecule has 1 heterocycles. The second-order valence-corrected chi connectivity index (χ2v) is 5.76. The fraction of sp³-hybridized carbons (Fsp3) is 0.538. The Bertz CT molecular complexity index is 433. The second kappa shape index (κ2) is 5.63. The molecule has 0 aliphatic carbocycles. The first kappa shape index (κ1) is 13.9. The standard InChI is InChI=1S/C13H16BrF2NO/c14-10-1-2-11(15)9(12(10)16)7-13(8-18)3-5-17-6-4-13/h1-2,17-18H,3-8H2. The van der Waals surface area contributed by atoms with E-state index in [0.29, 0.717) is 0 Å². The molecule has 1 aromatic rings. The van der Waals surface area contributed by atoms with E-state index in [0.717, 1.165) is 25.9 Å². The molecule has 0 spiro atoms. The molecule has 0 unspecified atom stereocenters. The van der Waals surface area contributed by atoms with Crippen molar-refractivity contribution in [3.63, 3.8) is 0 Å². The van der Waals surface area contributed by atoms with Crippen LogP contribution in [-0.2, 0) is 6.42 Å². The molecule has 2 nitrogen and oxygen atoms in total. The van der Waals surface area contributed by atoms with Gasteiger partial charge >= 0.3 is 0 Å². The normalized spacial score (nSPS) is 18.9. The second-order valence-electron chi connectivity index (χ2n) is 4.91. The van der Waals surface area contributed by atoms with E-state index in [1.54, 1.807) is 0 Å². The lowest BCUT2D eigenvalue weighted by Crippen LogP contribution is -2.41. The monoisotopic (exact) mass is 319 g/mol. The summed E-state index contributed by atoms with van der Waals surface area (Å²) >= 11 is 3.07. The number of hydrogen-bond acceptors (Lipinski definition) is 2. The molecule has 0 saturated carbocycles. The molecule has 1 saturated heterocycles. The minimum absolute atomic E-state index is 0.0416. The van der Waals surface area contributed by atoms with Crippen LogP contribution in [0.4, 0.5) is 8.78 Å². The molecule has 1 aliphatic rings. The fourth-order valence-electron chi connectivity index (χ4n) is 2.45. The largest absolute Gasteiger partial charge is 0.396 e. The molecule has 18 heavy (non-hydrogen) atoms. The van der Waals surface area contributed by atoms with Crippen LogP contribution in [0.5, 0.6) is 0 Å². The van der Waals surface area contributed by atoms with Crippen LogP contribution in [0.3, 0.4) is 0 Å². The zero-order chi connectivity index (χ0) is 13.2. The van der Waals surface area contributed by atoms with Crippen LogP contribution in [0.25, 0.3) is 0 Å². The van der Waals surface area contributed by atoms with Gasteiger partial charge in [0.25, 0.3) is 0 Å². The Balaban J connectivity index is 2.29. The van der Waals surface area contributed by atoms with Crippen LogP contribution in [0.2, 0.25) is 0 Å². The quantitative estimate of drug-likeness (QED) is 0.839. The Labute approximate surface area is 114 Å². The summed E-state index contributed by atoms with van der Waals surface area (Å²) in [6, 6.07) is 2.62. The third kappa shape index (κ3) is 2.73. The van der Waals surface area contributed by atoms with E-state index >= 15 is 0 Å². The first-order valence-corrected chi connectivity index (χ1v) is 6.81. The maximum atomic E-state index is 13.9. The van der Waals surface area contributed by atoms with E-state index in [1.807, 2.05) is 0 Å². The van der Waals surface area contributed by atoms with E-state index < -0.39 is 17.0 Å². The number of benzene rings is 1. The lowest BCUT2D eigenvalue weighted by atomic mass is 9.75. The highest BCUT2D eigenvalue weighted by Crippen LogP contribution is 2.35. The molecule has 2 N–H and O–H groups in total. The molecule has 0 radical (unpaired) electrons. The SMILES string of the molecule is OCC1(Cc2c(F)ccc(Br)c2F)CCNCC1. The molecule has 1 aliphatic heterocycles. The molecule has 1 aromatic carbocycles.